The molecule has 0 bridgehead atoms. The number of rotatable bonds is 5. The fraction of sp³-hybridized carbons (Fsp3) is 0.400. The molecule has 0 amide bonds. The molecule has 0 spiro atoms. The van der Waals surface area contributed by atoms with Crippen molar-refractivity contribution in [1.29, 1.82) is 0 Å². The summed E-state index contributed by atoms with van der Waals surface area (Å²) >= 11 is 0. The summed E-state index contributed by atoms with van der Waals surface area (Å²) in [5.74, 6) is 3.63. The molecule has 2 aliphatic heterocycles. The highest BCUT2D eigenvalue weighted by Crippen LogP contribution is 2.49. The average Bonchev–Trinajstić information content (AvgIpc) is 3.16. The monoisotopic (exact) mass is 372 g/mol. The van der Waals surface area contributed by atoms with Crippen molar-refractivity contribution in [2.45, 2.75) is 12.6 Å². The van der Waals surface area contributed by atoms with Crippen LogP contribution in [0, 0.1) is 0 Å². The van der Waals surface area contributed by atoms with Crippen molar-refractivity contribution in [2.75, 3.05) is 47.0 Å². The van der Waals surface area contributed by atoms with Gasteiger partial charge in [0, 0.05) is 18.2 Å². The van der Waals surface area contributed by atoms with Gasteiger partial charge < -0.3 is 29.0 Å². The summed E-state index contributed by atoms with van der Waals surface area (Å²) in [6, 6.07) is 7.76. The van der Waals surface area contributed by atoms with Crippen LogP contribution in [-0.2, 0) is 6.42 Å². The number of nitrogens with zero attached hydrogens (tertiary/aromatic N) is 1. The lowest BCUT2D eigenvalue weighted by atomic mass is 9.94. The lowest BCUT2D eigenvalue weighted by Gasteiger charge is -2.37. The van der Waals surface area contributed by atoms with Gasteiger partial charge in [-0.2, -0.15) is 0 Å². The van der Waals surface area contributed by atoms with E-state index in [2.05, 4.69) is 23.3 Å². The Kier molecular flexibility index (Phi) is 4.61. The molecular weight excluding hydrogens is 348 g/mol. The summed E-state index contributed by atoms with van der Waals surface area (Å²) in [4.78, 5) is 2.24. The topological polar surface area (TPSA) is 61.4 Å². The number of ether oxygens (including phenoxy) is 5. The summed E-state index contributed by atoms with van der Waals surface area (Å²) in [6.45, 7) is 1.12. The van der Waals surface area contributed by atoms with Gasteiger partial charge in [0.15, 0.2) is 11.5 Å². The molecule has 27 heavy (non-hydrogen) atoms. The highest BCUT2D eigenvalue weighted by molar-refractivity contribution is 5.65. The van der Waals surface area contributed by atoms with Gasteiger partial charge in [0.25, 0.3) is 0 Å². The number of benzene rings is 2. The van der Waals surface area contributed by atoms with E-state index in [1.165, 1.54) is 5.56 Å². The van der Waals surface area contributed by atoms with Crippen LogP contribution in [-0.4, -0.2) is 46.6 Å². The van der Waals surface area contributed by atoms with Crippen LogP contribution in [0.15, 0.2) is 24.3 Å². The smallest absolute Gasteiger partial charge is 0.231 e. The molecule has 2 aromatic rings. The van der Waals surface area contributed by atoms with E-state index < -0.39 is 0 Å². The molecule has 0 saturated heterocycles. The second-order valence-electron chi connectivity index (χ2n) is 6.56. The van der Waals surface area contributed by atoms with Crippen molar-refractivity contribution < 1.29 is 23.7 Å². The van der Waals surface area contributed by atoms with Gasteiger partial charge in [-0.25, -0.2) is 0 Å². The van der Waals surface area contributed by atoms with Crippen LogP contribution in [0.1, 0.15) is 17.3 Å². The number of hydrogen-bond donors (Lipinski definition) is 1. The Labute approximate surface area is 158 Å². The van der Waals surface area contributed by atoms with Crippen molar-refractivity contribution in [1.82, 2.24) is 4.90 Å². The fourth-order valence-corrected chi connectivity index (χ4v) is 3.69. The molecule has 0 saturated carbocycles. The van der Waals surface area contributed by atoms with Crippen molar-refractivity contribution in [2.24, 2.45) is 0 Å². The molecule has 2 heterocycles. The first-order valence-corrected chi connectivity index (χ1v) is 8.84. The molecule has 7 nitrogen and oxygen atoms in total. The third-order valence-corrected chi connectivity index (χ3v) is 5.09. The molecular formula is C20H24N2O5. The van der Waals surface area contributed by atoms with E-state index in [4.69, 9.17) is 23.7 Å². The van der Waals surface area contributed by atoms with E-state index in [1.54, 1.807) is 21.3 Å². The number of fused-ring (bicyclic) bond motifs is 2. The van der Waals surface area contributed by atoms with Crippen LogP contribution < -0.4 is 29.0 Å². The van der Waals surface area contributed by atoms with Crippen molar-refractivity contribution in [3.63, 3.8) is 0 Å². The molecule has 1 N–H and O–H groups in total. The molecule has 2 aromatic carbocycles. The number of hydrogen-bond acceptors (Lipinski definition) is 7. The zero-order valence-electron chi connectivity index (χ0n) is 16.0. The van der Waals surface area contributed by atoms with Gasteiger partial charge >= 0.3 is 0 Å². The van der Waals surface area contributed by atoms with Crippen LogP contribution in [0.5, 0.6) is 28.7 Å². The van der Waals surface area contributed by atoms with Crippen LogP contribution >= 0.6 is 0 Å². The molecule has 4 rings (SSSR count). The van der Waals surface area contributed by atoms with E-state index in [1.807, 2.05) is 18.2 Å². The minimum absolute atomic E-state index is 0.112. The van der Waals surface area contributed by atoms with E-state index in [0.29, 0.717) is 11.5 Å². The minimum Gasteiger partial charge on any atom is -0.497 e. The van der Waals surface area contributed by atoms with Crippen LogP contribution in [0.2, 0.25) is 0 Å². The fourth-order valence-electron chi connectivity index (χ4n) is 3.69. The lowest BCUT2D eigenvalue weighted by molar-refractivity contribution is 0.170. The molecule has 0 aromatic heterocycles. The Morgan fingerprint density at radius 3 is 2.67 bits per heavy atom. The average molecular weight is 372 g/mol. The molecule has 0 unspecified atom stereocenters. The maximum absolute atomic E-state index is 5.75. The predicted molar refractivity (Wildman–Crippen MR) is 101 cm³/mol. The summed E-state index contributed by atoms with van der Waals surface area (Å²) < 4.78 is 27.9. The second kappa shape index (κ2) is 7.08. The Balaban J connectivity index is 1.79. The summed E-state index contributed by atoms with van der Waals surface area (Å²) in [5.41, 5.74) is 3.09. The standard InChI is InChI=1S/C20H24N2O5/c1-22-8-7-12-9-16-18(27-11-26-16)19(25-4)17(12)20(22)21-14-10-13(23-2)5-6-15(14)24-3/h5-6,9-10,20-21H,7-8,11H2,1-4H3/t20-/m0/s1. The number of methoxy groups -OCH3 is 3. The van der Waals surface area contributed by atoms with Gasteiger partial charge in [-0.3, -0.25) is 4.90 Å². The van der Waals surface area contributed by atoms with E-state index in [9.17, 15) is 0 Å². The van der Waals surface area contributed by atoms with Gasteiger partial charge in [-0.05, 0) is 37.2 Å². The summed E-state index contributed by atoms with van der Waals surface area (Å²) in [5, 5.41) is 3.59. The van der Waals surface area contributed by atoms with Crippen molar-refractivity contribution in [3.05, 3.63) is 35.4 Å². The maximum atomic E-state index is 5.75. The Bertz CT molecular complexity index is 855. The minimum atomic E-state index is -0.112. The molecule has 0 aliphatic carbocycles. The number of anilines is 1. The largest absolute Gasteiger partial charge is 0.497 e. The predicted octanol–water partition coefficient (Wildman–Crippen LogP) is 3.04. The SMILES string of the molecule is COc1ccc(OC)c(N[C@@H]2c3c(cc4c(c3OC)OCO4)CCN2C)c1. The Hall–Kier alpha value is -2.80. The van der Waals surface area contributed by atoms with E-state index >= 15 is 0 Å². The van der Waals surface area contributed by atoms with Gasteiger partial charge in [0.05, 0.1) is 27.0 Å². The maximum Gasteiger partial charge on any atom is 0.231 e. The van der Waals surface area contributed by atoms with Crippen LogP contribution in [0.25, 0.3) is 0 Å². The second-order valence-corrected chi connectivity index (χ2v) is 6.56. The van der Waals surface area contributed by atoms with Crippen molar-refractivity contribution >= 4 is 5.69 Å². The van der Waals surface area contributed by atoms with Gasteiger partial charge in [0.1, 0.15) is 17.7 Å². The molecule has 0 fully saturated rings. The molecule has 7 heteroatoms. The molecule has 2 aliphatic rings. The highest BCUT2D eigenvalue weighted by atomic mass is 16.7. The third kappa shape index (κ3) is 2.98. The first-order chi connectivity index (χ1) is 13.2. The first-order valence-electron chi connectivity index (χ1n) is 8.84. The molecule has 1 atom stereocenters. The van der Waals surface area contributed by atoms with Gasteiger partial charge in [-0.1, -0.05) is 0 Å². The Morgan fingerprint density at radius 1 is 1.07 bits per heavy atom. The Morgan fingerprint density at radius 2 is 1.93 bits per heavy atom. The lowest BCUT2D eigenvalue weighted by Crippen LogP contribution is -2.37. The van der Waals surface area contributed by atoms with Crippen LogP contribution in [0.3, 0.4) is 0 Å². The van der Waals surface area contributed by atoms with E-state index in [0.717, 1.165) is 41.5 Å². The molecule has 144 valence electrons. The zero-order chi connectivity index (χ0) is 19.0. The summed E-state index contributed by atoms with van der Waals surface area (Å²) in [6.07, 6.45) is 0.797. The van der Waals surface area contributed by atoms with Crippen molar-refractivity contribution in [3.8, 4) is 28.7 Å². The van der Waals surface area contributed by atoms with Gasteiger partial charge in [-0.15, -0.1) is 0 Å². The van der Waals surface area contributed by atoms with E-state index in [-0.39, 0.29) is 13.0 Å². The number of likely N-dealkylation sites (N-methyl/N-ethyl adjacent to an activating group) is 1. The van der Waals surface area contributed by atoms with Crippen LogP contribution in [0.4, 0.5) is 5.69 Å². The third-order valence-electron chi connectivity index (χ3n) is 5.09. The highest BCUT2D eigenvalue weighted by Gasteiger charge is 2.34. The first kappa shape index (κ1) is 17.6. The normalized spacial score (nSPS) is 18.0. The summed E-state index contributed by atoms with van der Waals surface area (Å²) in [7, 11) is 7.05. The number of nitrogens with one attached hydrogen (secondary N) is 1. The zero-order valence-corrected chi connectivity index (χ0v) is 16.0. The molecule has 0 radical (unpaired) electrons. The van der Waals surface area contributed by atoms with Gasteiger partial charge in [0.2, 0.25) is 12.5 Å². The quantitative estimate of drug-likeness (QED) is 0.866.